The standard InChI is InChI=1S/C20H29N3O2/c1-4-12-7-14(19-13(18(12)21)5-6-25-19)20(24)22-8-15-16-9-23(11(2)3)10-17(15)16/h7,11,15-17H,4-6,8-10,21H2,1-3H3,(H,22,24). The fourth-order valence-electron chi connectivity index (χ4n) is 4.64. The second-order valence-corrected chi connectivity index (χ2v) is 8.01. The quantitative estimate of drug-likeness (QED) is 0.803. The lowest BCUT2D eigenvalue weighted by molar-refractivity contribution is 0.0945. The predicted molar refractivity (Wildman–Crippen MR) is 98.9 cm³/mol. The number of fused-ring (bicyclic) bond motifs is 2. The maximum Gasteiger partial charge on any atom is 0.255 e. The molecule has 1 saturated heterocycles. The number of carbonyl (C=O) groups excluding carboxylic acids is 1. The van der Waals surface area contributed by atoms with Crippen molar-refractivity contribution >= 4 is 11.6 Å². The Morgan fingerprint density at radius 1 is 1.40 bits per heavy atom. The Kier molecular flexibility index (Phi) is 4.14. The SMILES string of the molecule is CCc1cc(C(=O)NCC2C3CN(C(C)C)CC23)c2c(c1N)CCO2. The number of nitrogens with one attached hydrogen (secondary N) is 1. The monoisotopic (exact) mass is 343 g/mol. The summed E-state index contributed by atoms with van der Waals surface area (Å²) < 4.78 is 5.72. The molecule has 1 aliphatic carbocycles. The van der Waals surface area contributed by atoms with E-state index in [4.69, 9.17) is 10.5 Å². The molecule has 0 bridgehead atoms. The zero-order chi connectivity index (χ0) is 17.7. The van der Waals surface area contributed by atoms with Crippen LogP contribution >= 0.6 is 0 Å². The molecule has 0 spiro atoms. The molecule has 3 N–H and O–H groups in total. The number of ether oxygens (including phenoxy) is 1. The average molecular weight is 343 g/mol. The van der Waals surface area contributed by atoms with Gasteiger partial charge in [0.25, 0.3) is 5.91 Å². The van der Waals surface area contributed by atoms with Crippen molar-refractivity contribution in [3.05, 3.63) is 22.8 Å². The van der Waals surface area contributed by atoms with Gasteiger partial charge in [-0.2, -0.15) is 0 Å². The first kappa shape index (κ1) is 16.7. The summed E-state index contributed by atoms with van der Waals surface area (Å²) in [6, 6.07) is 2.55. The number of nitrogens with zero attached hydrogens (tertiary/aromatic N) is 1. The summed E-state index contributed by atoms with van der Waals surface area (Å²) in [5, 5.41) is 3.16. The first-order valence-electron chi connectivity index (χ1n) is 9.60. The molecular weight excluding hydrogens is 314 g/mol. The summed E-state index contributed by atoms with van der Waals surface area (Å²) in [5.74, 6) is 2.87. The molecule has 1 aromatic rings. The molecule has 5 nitrogen and oxygen atoms in total. The van der Waals surface area contributed by atoms with Gasteiger partial charge in [0.15, 0.2) is 0 Å². The van der Waals surface area contributed by atoms with E-state index < -0.39 is 0 Å². The smallest absolute Gasteiger partial charge is 0.255 e. The molecule has 25 heavy (non-hydrogen) atoms. The normalized spacial score (nSPS) is 27.1. The fourth-order valence-corrected chi connectivity index (χ4v) is 4.64. The zero-order valence-electron chi connectivity index (χ0n) is 15.5. The number of hydrogen-bond acceptors (Lipinski definition) is 4. The molecule has 0 aromatic heterocycles. The molecule has 2 aliphatic heterocycles. The van der Waals surface area contributed by atoms with Gasteiger partial charge in [-0.05, 0) is 49.7 Å². The third kappa shape index (κ3) is 2.78. The third-order valence-electron chi connectivity index (χ3n) is 6.36. The molecule has 1 amide bonds. The number of carbonyl (C=O) groups is 1. The second kappa shape index (κ2) is 6.20. The minimum absolute atomic E-state index is 0.0152. The van der Waals surface area contributed by atoms with Gasteiger partial charge < -0.3 is 20.7 Å². The second-order valence-electron chi connectivity index (χ2n) is 8.01. The van der Waals surface area contributed by atoms with Crippen molar-refractivity contribution in [1.29, 1.82) is 0 Å². The van der Waals surface area contributed by atoms with Crippen molar-refractivity contribution in [2.45, 2.75) is 39.7 Å². The van der Waals surface area contributed by atoms with Crippen LogP contribution in [0.25, 0.3) is 0 Å². The van der Waals surface area contributed by atoms with Crippen LogP contribution in [0, 0.1) is 17.8 Å². The highest BCUT2D eigenvalue weighted by atomic mass is 16.5. The van der Waals surface area contributed by atoms with Crippen LogP contribution in [0.1, 0.15) is 42.3 Å². The van der Waals surface area contributed by atoms with Crippen molar-refractivity contribution < 1.29 is 9.53 Å². The number of rotatable bonds is 5. The maximum absolute atomic E-state index is 12.8. The number of nitrogen functional groups attached to an aromatic ring is 1. The summed E-state index contributed by atoms with van der Waals surface area (Å²) in [6.45, 7) is 10.3. The maximum atomic E-state index is 12.8. The predicted octanol–water partition coefficient (Wildman–Crippen LogP) is 2.08. The van der Waals surface area contributed by atoms with E-state index in [1.165, 1.54) is 13.1 Å². The Morgan fingerprint density at radius 3 is 2.76 bits per heavy atom. The van der Waals surface area contributed by atoms with Gasteiger partial charge in [-0.3, -0.25) is 4.79 Å². The minimum Gasteiger partial charge on any atom is -0.492 e. The molecule has 136 valence electrons. The highest BCUT2D eigenvalue weighted by Crippen LogP contribution is 2.51. The first-order chi connectivity index (χ1) is 12.0. The minimum atomic E-state index is -0.0152. The Labute approximate surface area is 149 Å². The Balaban J connectivity index is 1.41. The van der Waals surface area contributed by atoms with E-state index in [1.54, 1.807) is 0 Å². The van der Waals surface area contributed by atoms with E-state index in [9.17, 15) is 4.79 Å². The molecule has 3 aliphatic rings. The van der Waals surface area contributed by atoms with Crippen LogP contribution in [0.4, 0.5) is 5.69 Å². The lowest BCUT2D eigenvalue weighted by Gasteiger charge is -2.23. The van der Waals surface area contributed by atoms with Crippen molar-refractivity contribution in [2.75, 3.05) is 32.0 Å². The van der Waals surface area contributed by atoms with Crippen LogP contribution < -0.4 is 15.8 Å². The number of hydrogen-bond donors (Lipinski definition) is 2. The van der Waals surface area contributed by atoms with Crippen molar-refractivity contribution in [1.82, 2.24) is 10.2 Å². The Hall–Kier alpha value is -1.75. The molecule has 2 fully saturated rings. The first-order valence-corrected chi connectivity index (χ1v) is 9.60. The Morgan fingerprint density at radius 2 is 2.12 bits per heavy atom. The number of piperidine rings is 1. The summed E-state index contributed by atoms with van der Waals surface area (Å²) in [4.78, 5) is 15.3. The molecule has 2 heterocycles. The molecule has 5 heteroatoms. The fraction of sp³-hybridized carbons (Fsp3) is 0.650. The van der Waals surface area contributed by atoms with Gasteiger partial charge in [0.1, 0.15) is 5.75 Å². The number of nitrogens with two attached hydrogens (primary N) is 1. The van der Waals surface area contributed by atoms with E-state index in [0.29, 0.717) is 29.9 Å². The molecular formula is C20H29N3O2. The summed E-state index contributed by atoms with van der Waals surface area (Å²) in [6.07, 6.45) is 1.63. The van der Waals surface area contributed by atoms with Crippen LogP contribution in [-0.2, 0) is 12.8 Å². The lowest BCUT2D eigenvalue weighted by Crippen LogP contribution is -2.34. The highest BCUT2D eigenvalue weighted by Gasteiger charge is 2.55. The molecule has 1 aromatic carbocycles. The van der Waals surface area contributed by atoms with Gasteiger partial charge in [-0.1, -0.05) is 6.92 Å². The van der Waals surface area contributed by atoms with Crippen molar-refractivity contribution in [2.24, 2.45) is 17.8 Å². The summed E-state index contributed by atoms with van der Waals surface area (Å²) >= 11 is 0. The van der Waals surface area contributed by atoms with Gasteiger partial charge in [0.05, 0.1) is 12.2 Å². The van der Waals surface area contributed by atoms with E-state index >= 15 is 0 Å². The van der Waals surface area contributed by atoms with Crippen LogP contribution in [-0.4, -0.2) is 43.1 Å². The number of aryl methyl sites for hydroxylation is 1. The average Bonchev–Trinajstić information content (AvgIpc) is 3.01. The van der Waals surface area contributed by atoms with Crippen LogP contribution in [0.5, 0.6) is 5.75 Å². The number of amides is 1. The molecule has 1 saturated carbocycles. The number of anilines is 1. The van der Waals surface area contributed by atoms with Crippen LogP contribution in [0.2, 0.25) is 0 Å². The lowest BCUT2D eigenvalue weighted by atomic mass is 9.98. The molecule has 4 rings (SSSR count). The van der Waals surface area contributed by atoms with Crippen LogP contribution in [0.15, 0.2) is 6.07 Å². The molecule has 2 unspecified atom stereocenters. The molecule has 2 atom stereocenters. The summed E-state index contributed by atoms with van der Waals surface area (Å²) in [7, 11) is 0. The Bertz CT molecular complexity index is 689. The summed E-state index contributed by atoms with van der Waals surface area (Å²) in [5.41, 5.74) is 9.75. The molecule has 0 radical (unpaired) electrons. The van der Waals surface area contributed by atoms with Crippen molar-refractivity contribution in [3.8, 4) is 5.75 Å². The number of benzene rings is 1. The van der Waals surface area contributed by atoms with Crippen LogP contribution in [0.3, 0.4) is 0 Å². The number of likely N-dealkylation sites (tertiary alicyclic amines) is 1. The zero-order valence-corrected chi connectivity index (χ0v) is 15.5. The van der Waals surface area contributed by atoms with E-state index in [1.807, 2.05) is 6.07 Å². The van der Waals surface area contributed by atoms with E-state index in [0.717, 1.165) is 48.0 Å². The van der Waals surface area contributed by atoms with Gasteiger partial charge in [-0.25, -0.2) is 0 Å². The van der Waals surface area contributed by atoms with E-state index in [2.05, 4.69) is 31.0 Å². The topological polar surface area (TPSA) is 67.6 Å². The van der Waals surface area contributed by atoms with Gasteiger partial charge in [-0.15, -0.1) is 0 Å². The highest BCUT2D eigenvalue weighted by molar-refractivity contribution is 5.98. The largest absolute Gasteiger partial charge is 0.492 e. The van der Waals surface area contributed by atoms with Crippen molar-refractivity contribution in [3.63, 3.8) is 0 Å². The van der Waals surface area contributed by atoms with Gasteiger partial charge in [0, 0.05) is 43.3 Å². The third-order valence-corrected chi connectivity index (χ3v) is 6.36. The van der Waals surface area contributed by atoms with E-state index in [-0.39, 0.29) is 5.91 Å². The van der Waals surface area contributed by atoms with Gasteiger partial charge in [0.2, 0.25) is 0 Å². The van der Waals surface area contributed by atoms with Gasteiger partial charge >= 0.3 is 0 Å².